The maximum atomic E-state index is 11.9. The predicted octanol–water partition coefficient (Wildman–Crippen LogP) is 1.35. The summed E-state index contributed by atoms with van der Waals surface area (Å²) in [5, 5.41) is 18.8. The number of H-pyrrole nitrogens is 1. The number of carbonyl (C=O) groups is 1. The van der Waals surface area contributed by atoms with Gasteiger partial charge in [0.05, 0.1) is 12.2 Å². The second kappa shape index (κ2) is 4.69. The van der Waals surface area contributed by atoms with Gasteiger partial charge in [-0.1, -0.05) is 6.07 Å². The molecule has 0 aliphatic rings. The number of hydrogen-bond acceptors (Lipinski definition) is 3. The molecule has 2 rings (SSSR count). The second-order valence-electron chi connectivity index (χ2n) is 3.71. The van der Waals surface area contributed by atoms with E-state index < -0.39 is 0 Å². The van der Waals surface area contributed by atoms with Gasteiger partial charge in [0.25, 0.3) is 5.91 Å². The van der Waals surface area contributed by atoms with Crippen LogP contribution in [0, 0.1) is 6.92 Å². The average Bonchev–Trinajstić information content (AvgIpc) is 2.82. The molecule has 0 atom stereocenters. The molecule has 17 heavy (non-hydrogen) atoms. The van der Waals surface area contributed by atoms with Crippen LogP contribution >= 0.6 is 0 Å². The van der Waals surface area contributed by atoms with Crippen LogP contribution in [0.2, 0.25) is 0 Å². The van der Waals surface area contributed by atoms with E-state index in [0.717, 1.165) is 5.69 Å². The van der Waals surface area contributed by atoms with Crippen LogP contribution < -0.4 is 5.32 Å². The van der Waals surface area contributed by atoms with Gasteiger partial charge >= 0.3 is 0 Å². The van der Waals surface area contributed by atoms with Gasteiger partial charge in [-0.25, -0.2) is 0 Å². The van der Waals surface area contributed by atoms with Crippen molar-refractivity contribution >= 4 is 5.91 Å². The quantitative estimate of drug-likeness (QED) is 0.746. The minimum absolute atomic E-state index is 0.124. The maximum Gasteiger partial charge on any atom is 0.252 e. The molecule has 0 saturated heterocycles. The highest BCUT2D eigenvalue weighted by molar-refractivity contribution is 5.96. The minimum atomic E-state index is -0.215. The van der Waals surface area contributed by atoms with Crippen LogP contribution in [0.1, 0.15) is 21.6 Å². The number of nitrogens with one attached hydrogen (secondary N) is 2. The zero-order valence-electron chi connectivity index (χ0n) is 9.40. The first-order chi connectivity index (χ1) is 8.18. The van der Waals surface area contributed by atoms with E-state index in [4.69, 9.17) is 0 Å². The first-order valence-electron chi connectivity index (χ1n) is 5.23. The van der Waals surface area contributed by atoms with Gasteiger partial charge in [-0.05, 0) is 25.1 Å². The molecule has 0 bridgehead atoms. The van der Waals surface area contributed by atoms with Crippen LogP contribution in [-0.2, 0) is 6.54 Å². The summed E-state index contributed by atoms with van der Waals surface area (Å²) in [5.74, 6) is -0.0906. The van der Waals surface area contributed by atoms with Crippen molar-refractivity contribution in [3.63, 3.8) is 0 Å². The lowest BCUT2D eigenvalue weighted by Gasteiger charge is -2.07. The van der Waals surface area contributed by atoms with E-state index in [0.29, 0.717) is 17.7 Å². The normalized spacial score (nSPS) is 10.2. The molecule has 5 heteroatoms. The van der Waals surface area contributed by atoms with Crippen molar-refractivity contribution in [3.8, 4) is 5.75 Å². The topological polar surface area (TPSA) is 78.0 Å². The largest absolute Gasteiger partial charge is 0.508 e. The number of amides is 1. The SMILES string of the molecule is Cc1c(O)cccc1C(=O)NCc1ccn[nH]1. The molecule has 1 aromatic heterocycles. The highest BCUT2D eigenvalue weighted by Gasteiger charge is 2.10. The number of nitrogens with zero attached hydrogens (tertiary/aromatic N) is 1. The molecule has 0 aliphatic heterocycles. The van der Waals surface area contributed by atoms with Crippen LogP contribution in [0.15, 0.2) is 30.5 Å². The molecule has 1 aromatic carbocycles. The molecular weight excluding hydrogens is 218 g/mol. The van der Waals surface area contributed by atoms with Crippen LogP contribution in [0.25, 0.3) is 0 Å². The van der Waals surface area contributed by atoms with Gasteiger partial charge in [0.1, 0.15) is 5.75 Å². The van der Waals surface area contributed by atoms with Crippen molar-refractivity contribution in [2.75, 3.05) is 0 Å². The number of hydrogen-bond donors (Lipinski definition) is 3. The Morgan fingerprint density at radius 1 is 1.47 bits per heavy atom. The third-order valence-electron chi connectivity index (χ3n) is 2.55. The molecule has 0 radical (unpaired) electrons. The molecule has 88 valence electrons. The number of rotatable bonds is 3. The monoisotopic (exact) mass is 231 g/mol. The molecule has 1 heterocycles. The lowest BCUT2D eigenvalue weighted by molar-refractivity contribution is 0.0949. The highest BCUT2D eigenvalue weighted by atomic mass is 16.3. The maximum absolute atomic E-state index is 11.9. The fourth-order valence-corrected chi connectivity index (χ4v) is 1.52. The summed E-state index contributed by atoms with van der Waals surface area (Å²) >= 11 is 0. The van der Waals surface area contributed by atoms with E-state index >= 15 is 0 Å². The molecule has 0 aliphatic carbocycles. The number of aromatic hydroxyl groups is 1. The molecular formula is C12H13N3O2. The Kier molecular flexibility index (Phi) is 3.09. The van der Waals surface area contributed by atoms with Crippen molar-refractivity contribution < 1.29 is 9.90 Å². The lowest BCUT2D eigenvalue weighted by Crippen LogP contribution is -2.23. The van der Waals surface area contributed by atoms with Gasteiger partial charge in [0, 0.05) is 17.3 Å². The number of benzene rings is 1. The molecule has 0 spiro atoms. The highest BCUT2D eigenvalue weighted by Crippen LogP contribution is 2.19. The molecule has 0 saturated carbocycles. The second-order valence-corrected chi connectivity index (χ2v) is 3.71. The predicted molar refractivity (Wildman–Crippen MR) is 62.6 cm³/mol. The zero-order chi connectivity index (χ0) is 12.3. The molecule has 0 unspecified atom stereocenters. The summed E-state index contributed by atoms with van der Waals surface area (Å²) in [6, 6.07) is 6.67. The molecule has 3 N–H and O–H groups in total. The van der Waals surface area contributed by atoms with Crippen molar-refractivity contribution in [1.29, 1.82) is 0 Å². The van der Waals surface area contributed by atoms with Gasteiger partial charge in [-0.15, -0.1) is 0 Å². The van der Waals surface area contributed by atoms with Gasteiger partial charge in [0.15, 0.2) is 0 Å². The number of phenols is 1. The fraction of sp³-hybridized carbons (Fsp3) is 0.167. The van der Waals surface area contributed by atoms with E-state index in [1.807, 2.05) is 0 Å². The van der Waals surface area contributed by atoms with Crippen molar-refractivity contribution in [2.24, 2.45) is 0 Å². The zero-order valence-corrected chi connectivity index (χ0v) is 9.40. The van der Waals surface area contributed by atoms with Crippen molar-refractivity contribution in [3.05, 3.63) is 47.3 Å². The first kappa shape index (κ1) is 11.2. The average molecular weight is 231 g/mol. The molecule has 2 aromatic rings. The standard InChI is InChI=1S/C12H13N3O2/c1-8-10(3-2-4-11(8)16)12(17)13-7-9-5-6-14-15-9/h2-6,16H,7H2,1H3,(H,13,17)(H,14,15). The first-order valence-corrected chi connectivity index (χ1v) is 5.23. The van der Waals surface area contributed by atoms with Crippen molar-refractivity contribution in [1.82, 2.24) is 15.5 Å². The Bertz CT molecular complexity index is 521. The summed E-state index contributed by atoms with van der Waals surface area (Å²) in [4.78, 5) is 11.9. The van der Waals surface area contributed by atoms with Gasteiger partial charge < -0.3 is 10.4 Å². The number of aromatic amines is 1. The molecule has 5 nitrogen and oxygen atoms in total. The van der Waals surface area contributed by atoms with E-state index in [2.05, 4.69) is 15.5 Å². The van der Waals surface area contributed by atoms with E-state index in [1.165, 1.54) is 0 Å². The summed E-state index contributed by atoms with van der Waals surface area (Å²) in [6.07, 6.45) is 1.63. The fourth-order valence-electron chi connectivity index (χ4n) is 1.52. The number of phenolic OH excluding ortho intramolecular Hbond substituents is 1. The molecule has 1 amide bonds. The van der Waals surface area contributed by atoms with Crippen molar-refractivity contribution in [2.45, 2.75) is 13.5 Å². The Balaban J connectivity index is 2.07. The third kappa shape index (κ3) is 2.44. The van der Waals surface area contributed by atoms with Gasteiger partial charge in [-0.2, -0.15) is 5.10 Å². The number of carbonyl (C=O) groups excluding carboxylic acids is 1. The van der Waals surface area contributed by atoms with Crippen LogP contribution in [0.5, 0.6) is 5.75 Å². The van der Waals surface area contributed by atoms with Crippen LogP contribution in [0.4, 0.5) is 0 Å². The summed E-state index contributed by atoms with van der Waals surface area (Å²) < 4.78 is 0. The lowest BCUT2D eigenvalue weighted by atomic mass is 10.1. The Hall–Kier alpha value is -2.30. The Labute approximate surface area is 98.5 Å². The molecule has 0 fully saturated rings. The minimum Gasteiger partial charge on any atom is -0.508 e. The van der Waals surface area contributed by atoms with E-state index in [-0.39, 0.29) is 11.7 Å². The van der Waals surface area contributed by atoms with Gasteiger partial charge in [-0.3, -0.25) is 9.89 Å². The van der Waals surface area contributed by atoms with E-state index in [9.17, 15) is 9.90 Å². The summed E-state index contributed by atoms with van der Waals surface area (Å²) in [7, 11) is 0. The Morgan fingerprint density at radius 2 is 2.29 bits per heavy atom. The Morgan fingerprint density at radius 3 is 3.00 bits per heavy atom. The summed E-state index contributed by atoms with van der Waals surface area (Å²) in [6.45, 7) is 2.09. The van der Waals surface area contributed by atoms with Crippen LogP contribution in [0.3, 0.4) is 0 Å². The van der Waals surface area contributed by atoms with E-state index in [1.54, 1.807) is 37.4 Å². The number of aromatic nitrogens is 2. The van der Waals surface area contributed by atoms with Crippen LogP contribution in [-0.4, -0.2) is 21.2 Å². The third-order valence-corrected chi connectivity index (χ3v) is 2.55. The summed E-state index contributed by atoms with van der Waals surface area (Å²) in [5.41, 5.74) is 1.88. The van der Waals surface area contributed by atoms with Gasteiger partial charge in [0.2, 0.25) is 0 Å². The smallest absolute Gasteiger partial charge is 0.252 e.